The SMILES string of the molecule is CCCCCCCC(=O)OC[C@@H](NC(=O)N1Cc2c(NC(=O)C3([Si](C)(C)C)CCC3)n[nH]c2C1(C)C)c1ccccc1. The molecule has 10 heteroatoms. The number of urea groups is 1. The number of anilines is 1. The van der Waals surface area contributed by atoms with E-state index in [1.165, 1.54) is 6.42 Å². The van der Waals surface area contributed by atoms with E-state index in [0.29, 0.717) is 18.8 Å². The lowest BCUT2D eigenvalue weighted by molar-refractivity contribution is -0.144. The number of carbonyl (C=O) groups excluding carboxylic acids is 3. The van der Waals surface area contributed by atoms with Gasteiger partial charge in [-0.15, -0.1) is 0 Å². The van der Waals surface area contributed by atoms with Gasteiger partial charge < -0.3 is 20.3 Å². The van der Waals surface area contributed by atoms with E-state index in [1.807, 2.05) is 44.2 Å². The maximum Gasteiger partial charge on any atom is 0.319 e. The van der Waals surface area contributed by atoms with Crippen molar-refractivity contribution in [2.75, 3.05) is 11.9 Å². The number of ether oxygens (including phenoxy) is 1. The Bertz CT molecular complexity index is 1250. The van der Waals surface area contributed by atoms with Crippen molar-refractivity contribution >= 4 is 31.8 Å². The van der Waals surface area contributed by atoms with Crippen molar-refractivity contribution < 1.29 is 19.1 Å². The van der Waals surface area contributed by atoms with E-state index in [2.05, 4.69) is 47.4 Å². The van der Waals surface area contributed by atoms with Crippen LogP contribution in [0.5, 0.6) is 0 Å². The normalized spacial score (nSPS) is 17.6. The molecule has 0 bridgehead atoms. The molecule has 1 saturated carbocycles. The van der Waals surface area contributed by atoms with Crippen LogP contribution in [0.25, 0.3) is 0 Å². The molecule has 1 aromatic heterocycles. The molecule has 3 N–H and O–H groups in total. The number of aromatic amines is 1. The highest BCUT2D eigenvalue weighted by molar-refractivity contribution is 6.83. The fraction of sp³-hybridized carbons (Fsp3) is 0.625. The Labute approximate surface area is 251 Å². The van der Waals surface area contributed by atoms with Crippen molar-refractivity contribution in [2.45, 2.75) is 121 Å². The number of carbonyl (C=O) groups is 3. The third-order valence-corrected chi connectivity index (χ3v) is 13.0. The van der Waals surface area contributed by atoms with Crippen molar-refractivity contribution in [1.82, 2.24) is 20.4 Å². The summed E-state index contributed by atoms with van der Waals surface area (Å²) in [6, 6.07) is 8.81. The monoisotopic (exact) mass is 595 g/mol. The Balaban J connectivity index is 1.43. The van der Waals surface area contributed by atoms with Crippen molar-refractivity contribution in [3.8, 4) is 0 Å². The predicted molar refractivity (Wildman–Crippen MR) is 168 cm³/mol. The first kappa shape index (κ1) is 31.8. The molecule has 42 heavy (non-hydrogen) atoms. The minimum absolute atomic E-state index is 0.0549. The van der Waals surface area contributed by atoms with Gasteiger partial charge in [0, 0.05) is 17.0 Å². The summed E-state index contributed by atoms with van der Waals surface area (Å²) in [5.41, 5.74) is 1.83. The van der Waals surface area contributed by atoms with E-state index in [4.69, 9.17) is 4.74 Å². The number of nitrogens with one attached hydrogen (secondary N) is 3. The maximum atomic E-state index is 13.8. The number of aromatic nitrogens is 2. The molecular formula is C32H49N5O4Si. The highest BCUT2D eigenvalue weighted by atomic mass is 28.3. The highest BCUT2D eigenvalue weighted by Crippen LogP contribution is 2.56. The maximum absolute atomic E-state index is 13.8. The van der Waals surface area contributed by atoms with E-state index >= 15 is 0 Å². The minimum atomic E-state index is -1.75. The highest BCUT2D eigenvalue weighted by Gasteiger charge is 2.54. The molecule has 9 nitrogen and oxygen atoms in total. The standard InChI is InChI=1S/C32H49N5O4Si/c1-7-8-9-10-14-18-26(38)41-22-25(23-16-12-11-13-17-23)33-30(40)37-21-24-27(31(37,2)3)35-36-28(24)34-29(39)32(19-15-20-32)42(4,5)6/h11-13,16-17,25H,7-10,14-15,18-22H2,1-6H3,(H,33,40)(H2,34,35,36,39)/t25-/m1/s1. The van der Waals surface area contributed by atoms with Crippen molar-refractivity contribution in [1.29, 1.82) is 0 Å². The molecule has 1 aliphatic carbocycles. The Morgan fingerprint density at radius 1 is 1.07 bits per heavy atom. The molecule has 0 unspecified atom stereocenters. The zero-order chi connectivity index (χ0) is 30.5. The average Bonchev–Trinajstić information content (AvgIpc) is 3.42. The van der Waals surface area contributed by atoms with E-state index in [0.717, 1.165) is 61.8 Å². The van der Waals surface area contributed by atoms with E-state index in [1.54, 1.807) is 4.90 Å². The molecule has 3 amide bonds. The van der Waals surface area contributed by atoms with Crippen LogP contribution in [-0.4, -0.2) is 47.7 Å². The predicted octanol–water partition coefficient (Wildman–Crippen LogP) is 7.02. The Morgan fingerprint density at radius 3 is 2.38 bits per heavy atom. The minimum Gasteiger partial charge on any atom is -0.463 e. The second-order valence-electron chi connectivity index (χ2n) is 13.5. The summed E-state index contributed by atoms with van der Waals surface area (Å²) in [4.78, 5) is 41.5. The molecule has 0 saturated heterocycles. The van der Waals surface area contributed by atoms with E-state index in [9.17, 15) is 14.4 Å². The molecule has 1 aromatic carbocycles. The molecule has 2 aromatic rings. The van der Waals surface area contributed by atoms with E-state index < -0.39 is 19.7 Å². The number of nitrogens with zero attached hydrogens (tertiary/aromatic N) is 2. The van der Waals surface area contributed by atoms with Gasteiger partial charge in [0.2, 0.25) is 5.91 Å². The molecule has 0 spiro atoms. The first-order chi connectivity index (χ1) is 19.9. The van der Waals surface area contributed by atoms with Gasteiger partial charge in [0.15, 0.2) is 5.82 Å². The zero-order valence-corrected chi connectivity index (χ0v) is 27.3. The zero-order valence-electron chi connectivity index (χ0n) is 26.3. The number of H-pyrrole nitrogens is 1. The van der Waals surface area contributed by atoms with Crippen LogP contribution in [0.2, 0.25) is 24.7 Å². The third-order valence-electron chi connectivity index (χ3n) is 9.42. The summed E-state index contributed by atoms with van der Waals surface area (Å²) in [5, 5.41) is 13.5. The summed E-state index contributed by atoms with van der Waals surface area (Å²) in [5.74, 6) is 0.321. The number of fused-ring (bicyclic) bond motifs is 1. The lowest BCUT2D eigenvalue weighted by Gasteiger charge is -2.48. The third kappa shape index (κ3) is 6.58. The van der Waals surface area contributed by atoms with Gasteiger partial charge in [-0.3, -0.25) is 14.7 Å². The van der Waals surface area contributed by atoms with Crippen molar-refractivity contribution in [3.63, 3.8) is 0 Å². The van der Waals surface area contributed by atoms with Gasteiger partial charge in [0.1, 0.15) is 6.61 Å². The number of unbranched alkanes of at least 4 members (excludes halogenated alkanes) is 4. The number of hydrogen-bond acceptors (Lipinski definition) is 5. The number of esters is 1. The molecule has 0 radical (unpaired) electrons. The lowest BCUT2D eigenvalue weighted by atomic mass is 9.83. The van der Waals surface area contributed by atoms with Crippen LogP contribution in [-0.2, 0) is 26.4 Å². The van der Waals surface area contributed by atoms with Crippen LogP contribution in [0.15, 0.2) is 30.3 Å². The summed E-state index contributed by atoms with van der Waals surface area (Å²) in [6.07, 6.45) is 8.60. The van der Waals surface area contributed by atoms with Gasteiger partial charge in [-0.25, -0.2) is 4.79 Å². The summed E-state index contributed by atoms with van der Waals surface area (Å²) >= 11 is 0. The smallest absolute Gasteiger partial charge is 0.319 e. The summed E-state index contributed by atoms with van der Waals surface area (Å²) in [6.45, 7) is 13.2. The Hall–Kier alpha value is -3.14. The fourth-order valence-electron chi connectivity index (χ4n) is 6.27. The molecule has 230 valence electrons. The first-order valence-corrected chi connectivity index (χ1v) is 19.1. The van der Waals surface area contributed by atoms with Crippen molar-refractivity contribution in [2.24, 2.45) is 0 Å². The number of hydrogen-bond donors (Lipinski definition) is 3. The molecule has 1 atom stereocenters. The van der Waals surface area contributed by atoms with Gasteiger partial charge in [0.25, 0.3) is 0 Å². The lowest BCUT2D eigenvalue weighted by Crippen LogP contribution is -2.52. The van der Waals surface area contributed by atoms with Gasteiger partial charge in [0.05, 0.1) is 31.9 Å². The van der Waals surface area contributed by atoms with Crippen LogP contribution < -0.4 is 10.6 Å². The quantitative estimate of drug-likeness (QED) is 0.131. The van der Waals surface area contributed by atoms with Crippen LogP contribution in [0.1, 0.15) is 101 Å². The number of benzene rings is 1. The topological polar surface area (TPSA) is 116 Å². The second-order valence-corrected chi connectivity index (χ2v) is 18.9. The molecule has 2 aliphatic rings. The summed E-state index contributed by atoms with van der Waals surface area (Å²) in [7, 11) is -1.75. The van der Waals surface area contributed by atoms with Gasteiger partial charge in [-0.05, 0) is 38.7 Å². The molecular weight excluding hydrogens is 546 g/mol. The van der Waals surface area contributed by atoms with Gasteiger partial charge >= 0.3 is 12.0 Å². The van der Waals surface area contributed by atoms with Crippen molar-refractivity contribution in [3.05, 3.63) is 47.2 Å². The Morgan fingerprint density at radius 2 is 1.76 bits per heavy atom. The van der Waals surface area contributed by atoms with E-state index in [-0.39, 0.29) is 29.6 Å². The first-order valence-electron chi connectivity index (χ1n) is 15.6. The number of amides is 3. The number of rotatable bonds is 13. The summed E-state index contributed by atoms with van der Waals surface area (Å²) < 4.78 is 5.63. The van der Waals surface area contributed by atoms with Crippen LogP contribution in [0.4, 0.5) is 10.6 Å². The second kappa shape index (κ2) is 13.0. The average molecular weight is 596 g/mol. The van der Waals surface area contributed by atoms with Gasteiger partial charge in [-0.1, -0.05) is 89.0 Å². The Kier molecular flexibility index (Phi) is 9.85. The largest absolute Gasteiger partial charge is 0.463 e. The fourth-order valence-corrected chi connectivity index (χ4v) is 8.87. The molecule has 1 fully saturated rings. The molecule has 4 rings (SSSR count). The van der Waals surface area contributed by atoms with Crippen LogP contribution >= 0.6 is 0 Å². The molecule has 2 heterocycles. The van der Waals surface area contributed by atoms with Gasteiger partial charge in [-0.2, -0.15) is 5.10 Å². The molecule has 1 aliphatic heterocycles. The van der Waals surface area contributed by atoms with Crippen LogP contribution in [0, 0.1) is 0 Å². The van der Waals surface area contributed by atoms with Crippen LogP contribution in [0.3, 0.4) is 0 Å².